The van der Waals surface area contributed by atoms with Crippen molar-refractivity contribution >= 4 is 27.3 Å². The summed E-state index contributed by atoms with van der Waals surface area (Å²) in [5.41, 5.74) is 1.59. The number of carbonyl (C=O) groups excluding carboxylic acids is 1. The van der Waals surface area contributed by atoms with Gasteiger partial charge in [0.25, 0.3) is 0 Å². The highest BCUT2D eigenvalue weighted by atomic mass is 32.1. The molecule has 122 valence electrons. The second-order valence-electron chi connectivity index (χ2n) is 6.00. The fraction of sp³-hybridized carbons (Fsp3) is 0.263. The molecule has 4 rings (SSSR count). The average Bonchev–Trinajstić information content (AvgIpc) is 3.40. The molecule has 1 fully saturated rings. The zero-order valence-corrected chi connectivity index (χ0v) is 13.9. The van der Waals surface area contributed by atoms with Crippen LogP contribution in [0.4, 0.5) is 0 Å². The predicted molar refractivity (Wildman–Crippen MR) is 95.1 cm³/mol. The van der Waals surface area contributed by atoms with E-state index in [1.54, 1.807) is 4.57 Å². The first-order chi connectivity index (χ1) is 11.7. The van der Waals surface area contributed by atoms with Crippen LogP contribution in [0.5, 0.6) is 5.75 Å². The monoisotopic (exact) mass is 339 g/mol. The van der Waals surface area contributed by atoms with E-state index in [1.165, 1.54) is 11.3 Å². The van der Waals surface area contributed by atoms with Crippen LogP contribution in [0.25, 0.3) is 10.2 Å². The first-order valence-corrected chi connectivity index (χ1v) is 8.89. The van der Waals surface area contributed by atoms with Gasteiger partial charge in [-0.25, -0.2) is 0 Å². The summed E-state index contributed by atoms with van der Waals surface area (Å²) < 4.78 is 8.26. The highest BCUT2D eigenvalue weighted by Crippen LogP contribution is 2.33. The number of ketones is 1. The number of nitrogens with zero attached hydrogens (tertiary/aromatic N) is 1. The Kier molecular flexibility index (Phi) is 3.94. The molecule has 0 radical (unpaired) electrons. The van der Waals surface area contributed by atoms with Gasteiger partial charge in [0, 0.05) is 11.5 Å². The number of ether oxygens (including phenoxy) is 1. The third kappa shape index (κ3) is 2.99. The van der Waals surface area contributed by atoms with Gasteiger partial charge in [0.15, 0.2) is 5.78 Å². The Morgan fingerprint density at radius 3 is 2.71 bits per heavy atom. The zero-order chi connectivity index (χ0) is 16.5. The first-order valence-electron chi connectivity index (χ1n) is 8.08. The number of aromatic nitrogens is 1. The van der Waals surface area contributed by atoms with Crippen LogP contribution in [0.2, 0.25) is 0 Å². The van der Waals surface area contributed by atoms with Gasteiger partial charge in [-0.2, -0.15) is 0 Å². The molecule has 5 heteroatoms. The van der Waals surface area contributed by atoms with E-state index in [9.17, 15) is 9.59 Å². The van der Waals surface area contributed by atoms with Crippen LogP contribution in [-0.2, 0) is 6.54 Å². The van der Waals surface area contributed by atoms with E-state index in [2.05, 4.69) is 0 Å². The minimum Gasteiger partial charge on any atom is -0.492 e. The van der Waals surface area contributed by atoms with Gasteiger partial charge in [0.05, 0.1) is 16.8 Å². The van der Waals surface area contributed by atoms with Crippen LogP contribution < -0.4 is 9.61 Å². The summed E-state index contributed by atoms with van der Waals surface area (Å²) in [5, 5.41) is 0. The summed E-state index contributed by atoms with van der Waals surface area (Å²) >= 11 is 1.19. The van der Waals surface area contributed by atoms with Crippen LogP contribution in [0, 0.1) is 5.92 Å². The van der Waals surface area contributed by atoms with Gasteiger partial charge < -0.3 is 4.74 Å². The Balaban J connectivity index is 1.53. The van der Waals surface area contributed by atoms with E-state index >= 15 is 0 Å². The van der Waals surface area contributed by atoms with Gasteiger partial charge in [0.1, 0.15) is 12.4 Å². The van der Waals surface area contributed by atoms with Crippen molar-refractivity contribution in [3.63, 3.8) is 0 Å². The molecule has 1 aliphatic carbocycles. The van der Waals surface area contributed by atoms with Crippen molar-refractivity contribution in [2.75, 3.05) is 6.61 Å². The number of para-hydroxylation sites is 1. The molecule has 0 saturated heterocycles. The molecule has 4 nitrogen and oxygen atoms in total. The van der Waals surface area contributed by atoms with Crippen molar-refractivity contribution in [1.29, 1.82) is 0 Å². The SMILES string of the molecule is O=C(c1ccc2c(c1)sc(=O)n2CCOc1ccccc1)C1CC1. The van der Waals surface area contributed by atoms with Crippen molar-refractivity contribution in [2.45, 2.75) is 19.4 Å². The average molecular weight is 339 g/mol. The Hall–Kier alpha value is -2.40. The Morgan fingerprint density at radius 2 is 1.96 bits per heavy atom. The maximum atomic E-state index is 12.2. The maximum Gasteiger partial charge on any atom is 0.308 e. The Bertz CT molecular complexity index is 938. The number of benzene rings is 2. The lowest BCUT2D eigenvalue weighted by molar-refractivity contribution is 0.0968. The third-order valence-corrected chi connectivity index (χ3v) is 5.17. The van der Waals surface area contributed by atoms with Crippen molar-refractivity contribution in [3.8, 4) is 5.75 Å². The van der Waals surface area contributed by atoms with E-state index < -0.39 is 0 Å². The molecule has 2 aromatic carbocycles. The molecule has 0 atom stereocenters. The molecule has 0 spiro atoms. The normalized spacial score (nSPS) is 14.0. The molecular formula is C19H17NO3S. The quantitative estimate of drug-likeness (QED) is 0.643. The van der Waals surface area contributed by atoms with E-state index in [0.29, 0.717) is 13.2 Å². The molecule has 0 aliphatic heterocycles. The van der Waals surface area contributed by atoms with Crippen LogP contribution in [0.3, 0.4) is 0 Å². The molecule has 0 bridgehead atoms. The summed E-state index contributed by atoms with van der Waals surface area (Å²) in [6, 6.07) is 15.1. The lowest BCUT2D eigenvalue weighted by Crippen LogP contribution is -2.17. The van der Waals surface area contributed by atoms with Crippen LogP contribution in [0.1, 0.15) is 23.2 Å². The van der Waals surface area contributed by atoms with Crippen molar-refractivity contribution in [1.82, 2.24) is 4.57 Å². The molecular weight excluding hydrogens is 322 g/mol. The van der Waals surface area contributed by atoms with Crippen LogP contribution in [-0.4, -0.2) is 17.0 Å². The van der Waals surface area contributed by atoms with Gasteiger partial charge in [0.2, 0.25) is 0 Å². The zero-order valence-electron chi connectivity index (χ0n) is 13.1. The second kappa shape index (κ2) is 6.24. The number of fused-ring (bicyclic) bond motifs is 1. The molecule has 3 aromatic rings. The van der Waals surface area contributed by atoms with Gasteiger partial charge in [-0.1, -0.05) is 29.5 Å². The van der Waals surface area contributed by atoms with Crippen LogP contribution >= 0.6 is 11.3 Å². The number of thiazole rings is 1. The number of rotatable bonds is 6. The van der Waals surface area contributed by atoms with Gasteiger partial charge in [-0.3, -0.25) is 14.2 Å². The largest absolute Gasteiger partial charge is 0.492 e. The lowest BCUT2D eigenvalue weighted by Gasteiger charge is -2.07. The molecule has 1 saturated carbocycles. The summed E-state index contributed by atoms with van der Waals surface area (Å²) in [6.45, 7) is 0.919. The Labute approximate surface area is 143 Å². The summed E-state index contributed by atoms with van der Waals surface area (Å²) in [6.07, 6.45) is 1.98. The van der Waals surface area contributed by atoms with Gasteiger partial charge in [-0.05, 0) is 43.2 Å². The van der Waals surface area contributed by atoms with E-state index in [0.717, 1.165) is 34.4 Å². The second-order valence-corrected chi connectivity index (χ2v) is 7.00. The van der Waals surface area contributed by atoms with E-state index in [-0.39, 0.29) is 16.6 Å². The molecule has 1 aliphatic rings. The minimum absolute atomic E-state index is 0.0160. The fourth-order valence-corrected chi connectivity index (χ4v) is 3.74. The predicted octanol–water partition coefficient (Wildman–Crippen LogP) is 3.73. The molecule has 0 unspecified atom stereocenters. The molecule has 0 N–H and O–H groups in total. The van der Waals surface area contributed by atoms with Crippen molar-refractivity contribution in [3.05, 3.63) is 63.8 Å². The molecule has 24 heavy (non-hydrogen) atoms. The lowest BCUT2D eigenvalue weighted by atomic mass is 10.1. The van der Waals surface area contributed by atoms with Gasteiger partial charge >= 0.3 is 4.87 Å². The van der Waals surface area contributed by atoms with Crippen LogP contribution in [0.15, 0.2) is 53.3 Å². The number of hydrogen-bond donors (Lipinski definition) is 0. The summed E-state index contributed by atoms with van der Waals surface area (Å²) in [7, 11) is 0. The molecule has 1 heterocycles. The highest BCUT2D eigenvalue weighted by Gasteiger charge is 2.30. The van der Waals surface area contributed by atoms with Crippen molar-refractivity contribution < 1.29 is 9.53 Å². The number of carbonyl (C=O) groups is 1. The van der Waals surface area contributed by atoms with E-state index in [1.807, 2.05) is 48.5 Å². The highest BCUT2D eigenvalue weighted by molar-refractivity contribution is 7.16. The smallest absolute Gasteiger partial charge is 0.308 e. The fourth-order valence-electron chi connectivity index (χ4n) is 2.78. The topological polar surface area (TPSA) is 48.3 Å². The number of hydrogen-bond acceptors (Lipinski definition) is 4. The maximum absolute atomic E-state index is 12.2. The number of Topliss-reactive ketones (excluding diaryl/α,β-unsaturated/α-hetero) is 1. The summed E-state index contributed by atoms with van der Waals surface area (Å²) in [4.78, 5) is 24.4. The minimum atomic E-state index is -0.0160. The standard InChI is InChI=1S/C19H17NO3S/c21-18(13-6-7-13)14-8-9-16-17(12-14)24-19(22)20(16)10-11-23-15-4-2-1-3-5-15/h1-5,8-9,12-13H,6-7,10-11H2. The molecule has 0 amide bonds. The summed E-state index contributed by atoms with van der Waals surface area (Å²) in [5.74, 6) is 1.19. The van der Waals surface area contributed by atoms with E-state index in [4.69, 9.17) is 4.74 Å². The first kappa shape index (κ1) is 15.1. The molecule has 1 aromatic heterocycles. The Morgan fingerprint density at radius 1 is 1.17 bits per heavy atom. The van der Waals surface area contributed by atoms with Gasteiger partial charge in [-0.15, -0.1) is 0 Å². The third-order valence-electron chi connectivity index (χ3n) is 4.23. The van der Waals surface area contributed by atoms with Crippen molar-refractivity contribution in [2.24, 2.45) is 5.92 Å².